The van der Waals surface area contributed by atoms with Crippen LogP contribution in [0.5, 0.6) is 0 Å². The molecule has 0 atom stereocenters. The van der Waals surface area contributed by atoms with E-state index >= 15 is 0 Å². The number of aromatic nitrogens is 1. The Morgan fingerprint density at radius 3 is 2.73 bits per heavy atom. The molecule has 2 aromatic rings. The number of carboxylic acid groups (broad SMARTS) is 1. The van der Waals surface area contributed by atoms with Crippen molar-refractivity contribution in [2.75, 3.05) is 0 Å². The van der Waals surface area contributed by atoms with E-state index in [0.717, 1.165) is 15.4 Å². The van der Waals surface area contributed by atoms with Crippen molar-refractivity contribution in [3.05, 3.63) is 33.4 Å². The predicted molar refractivity (Wildman–Crippen MR) is 62.6 cm³/mol. The molecule has 0 aliphatic rings. The minimum atomic E-state index is -0.958. The monoisotopic (exact) mass is 287 g/mol. The lowest BCUT2D eigenvalue weighted by Gasteiger charge is -2.00. The fraction of sp³-hybridized carbons (Fsp3) is 0.100. The lowest BCUT2D eigenvalue weighted by molar-refractivity contribution is 0.0687. The Labute approximate surface area is 99.4 Å². The maximum Gasteiger partial charge on any atom is 0.352 e. The molecule has 15 heavy (non-hydrogen) atoms. The third-order valence-electron chi connectivity index (χ3n) is 2.30. The van der Waals surface area contributed by atoms with Gasteiger partial charge in [-0.1, -0.05) is 27.5 Å². The molecule has 1 N–H and O–H groups in total. The maximum atomic E-state index is 10.9. The molecule has 0 spiro atoms. The molecular weight excluding hydrogens is 281 g/mol. The molecule has 78 valence electrons. The summed E-state index contributed by atoms with van der Waals surface area (Å²) in [7, 11) is 1.70. The first kappa shape index (κ1) is 10.5. The summed E-state index contributed by atoms with van der Waals surface area (Å²) >= 11 is 9.33. The van der Waals surface area contributed by atoms with E-state index in [0.29, 0.717) is 5.02 Å². The highest BCUT2D eigenvalue weighted by Gasteiger charge is 2.14. The molecule has 0 radical (unpaired) electrons. The standard InChI is InChI=1S/C10H7BrClNO2/c1-13-8-3-5(11)2-7(12)6(8)4-9(13)10(14)15/h2-4H,1H3,(H,14,15). The Kier molecular flexibility index (Phi) is 2.48. The second kappa shape index (κ2) is 3.54. The second-order valence-corrected chi connectivity index (χ2v) is 4.54. The average molecular weight is 289 g/mol. The van der Waals surface area contributed by atoms with Crippen LogP contribution in [0.4, 0.5) is 0 Å². The van der Waals surface area contributed by atoms with Crippen molar-refractivity contribution in [2.24, 2.45) is 7.05 Å². The minimum absolute atomic E-state index is 0.227. The number of halogens is 2. The van der Waals surface area contributed by atoms with Crippen molar-refractivity contribution in [1.82, 2.24) is 4.57 Å². The number of carboxylic acids is 1. The number of hydrogen-bond acceptors (Lipinski definition) is 1. The normalized spacial score (nSPS) is 10.9. The molecule has 0 aliphatic carbocycles. The quantitative estimate of drug-likeness (QED) is 0.875. The van der Waals surface area contributed by atoms with Gasteiger partial charge in [0.25, 0.3) is 0 Å². The highest BCUT2D eigenvalue weighted by Crippen LogP contribution is 2.30. The molecule has 2 rings (SSSR count). The predicted octanol–water partition coefficient (Wildman–Crippen LogP) is 3.29. The third kappa shape index (κ3) is 1.64. The summed E-state index contributed by atoms with van der Waals surface area (Å²) in [5.74, 6) is -0.958. The zero-order chi connectivity index (χ0) is 11.2. The van der Waals surface area contributed by atoms with Crippen molar-refractivity contribution in [3.8, 4) is 0 Å². The fourth-order valence-electron chi connectivity index (χ4n) is 1.56. The van der Waals surface area contributed by atoms with Crippen molar-refractivity contribution < 1.29 is 9.90 Å². The van der Waals surface area contributed by atoms with Gasteiger partial charge in [-0.2, -0.15) is 0 Å². The van der Waals surface area contributed by atoms with Gasteiger partial charge in [-0.05, 0) is 18.2 Å². The van der Waals surface area contributed by atoms with Crippen LogP contribution in [0, 0.1) is 0 Å². The Hall–Kier alpha value is -1.000. The number of rotatable bonds is 1. The molecule has 0 amide bonds. The topological polar surface area (TPSA) is 42.2 Å². The number of fused-ring (bicyclic) bond motifs is 1. The smallest absolute Gasteiger partial charge is 0.352 e. The summed E-state index contributed by atoms with van der Waals surface area (Å²) < 4.78 is 2.44. The van der Waals surface area contributed by atoms with Crippen LogP contribution in [0.25, 0.3) is 10.9 Å². The van der Waals surface area contributed by atoms with Gasteiger partial charge in [-0.25, -0.2) is 4.79 Å². The van der Waals surface area contributed by atoms with Gasteiger partial charge in [-0.3, -0.25) is 0 Å². The Bertz CT molecular complexity index is 562. The second-order valence-electron chi connectivity index (χ2n) is 3.21. The van der Waals surface area contributed by atoms with Gasteiger partial charge in [0.2, 0.25) is 0 Å². The molecule has 3 nitrogen and oxygen atoms in total. The molecule has 1 aromatic carbocycles. The Morgan fingerprint density at radius 2 is 2.13 bits per heavy atom. The van der Waals surface area contributed by atoms with Crippen LogP contribution in [0.1, 0.15) is 10.5 Å². The number of hydrogen-bond donors (Lipinski definition) is 1. The van der Waals surface area contributed by atoms with Crippen molar-refractivity contribution in [1.29, 1.82) is 0 Å². The van der Waals surface area contributed by atoms with E-state index in [-0.39, 0.29) is 5.69 Å². The molecule has 0 bridgehead atoms. The summed E-state index contributed by atoms with van der Waals surface area (Å²) in [4.78, 5) is 10.9. The van der Waals surface area contributed by atoms with E-state index in [1.165, 1.54) is 0 Å². The first-order valence-electron chi connectivity index (χ1n) is 4.18. The van der Waals surface area contributed by atoms with E-state index in [1.54, 1.807) is 23.7 Å². The lowest BCUT2D eigenvalue weighted by atomic mass is 10.2. The van der Waals surface area contributed by atoms with Gasteiger partial charge >= 0.3 is 5.97 Å². The molecule has 0 saturated carbocycles. The van der Waals surface area contributed by atoms with Gasteiger partial charge in [0, 0.05) is 16.9 Å². The van der Waals surface area contributed by atoms with Gasteiger partial charge in [0.15, 0.2) is 0 Å². The van der Waals surface area contributed by atoms with Crippen LogP contribution >= 0.6 is 27.5 Å². The van der Waals surface area contributed by atoms with E-state index in [2.05, 4.69) is 15.9 Å². The van der Waals surface area contributed by atoms with Crippen molar-refractivity contribution >= 4 is 44.4 Å². The summed E-state index contributed by atoms with van der Waals surface area (Å²) in [5, 5.41) is 10.2. The van der Waals surface area contributed by atoms with E-state index in [9.17, 15) is 4.79 Å². The van der Waals surface area contributed by atoms with Crippen LogP contribution in [0.2, 0.25) is 5.02 Å². The highest BCUT2D eigenvalue weighted by atomic mass is 79.9. The van der Waals surface area contributed by atoms with E-state index < -0.39 is 5.97 Å². The molecule has 0 fully saturated rings. The number of aromatic carboxylic acids is 1. The SMILES string of the molecule is Cn1c(C(=O)O)cc2c(Cl)cc(Br)cc21. The van der Waals surface area contributed by atoms with Crippen LogP contribution < -0.4 is 0 Å². The largest absolute Gasteiger partial charge is 0.477 e. The zero-order valence-corrected chi connectivity index (χ0v) is 10.1. The molecule has 0 saturated heterocycles. The third-order valence-corrected chi connectivity index (χ3v) is 3.07. The zero-order valence-electron chi connectivity index (χ0n) is 7.79. The number of nitrogens with zero attached hydrogens (tertiary/aromatic N) is 1. The molecule has 1 aromatic heterocycles. The minimum Gasteiger partial charge on any atom is -0.477 e. The van der Waals surface area contributed by atoms with Gasteiger partial charge < -0.3 is 9.67 Å². The molecule has 1 heterocycles. The summed E-state index contributed by atoms with van der Waals surface area (Å²) in [6, 6.07) is 5.16. The van der Waals surface area contributed by atoms with Crippen LogP contribution in [0.15, 0.2) is 22.7 Å². The number of benzene rings is 1. The molecule has 5 heteroatoms. The van der Waals surface area contributed by atoms with Crippen molar-refractivity contribution in [2.45, 2.75) is 0 Å². The summed E-state index contributed by atoms with van der Waals surface area (Å²) in [5.41, 5.74) is 1.02. The van der Waals surface area contributed by atoms with Gasteiger partial charge in [0.1, 0.15) is 5.69 Å². The first-order chi connectivity index (χ1) is 7.00. The van der Waals surface area contributed by atoms with Gasteiger partial charge in [0.05, 0.1) is 10.5 Å². The molecular formula is C10H7BrClNO2. The molecule has 0 unspecified atom stereocenters. The Balaban J connectivity index is 2.88. The maximum absolute atomic E-state index is 10.9. The fourth-order valence-corrected chi connectivity index (χ4v) is 2.41. The van der Waals surface area contributed by atoms with Gasteiger partial charge in [-0.15, -0.1) is 0 Å². The highest BCUT2D eigenvalue weighted by molar-refractivity contribution is 9.10. The molecule has 0 aliphatic heterocycles. The lowest BCUT2D eigenvalue weighted by Crippen LogP contribution is -2.03. The summed E-state index contributed by atoms with van der Waals surface area (Å²) in [6.07, 6.45) is 0. The number of carbonyl (C=O) groups is 1. The first-order valence-corrected chi connectivity index (χ1v) is 5.35. The van der Waals surface area contributed by atoms with Crippen molar-refractivity contribution in [3.63, 3.8) is 0 Å². The Morgan fingerprint density at radius 1 is 1.47 bits per heavy atom. The van der Waals surface area contributed by atoms with Crippen LogP contribution in [-0.2, 0) is 7.05 Å². The van der Waals surface area contributed by atoms with E-state index in [4.69, 9.17) is 16.7 Å². The summed E-state index contributed by atoms with van der Waals surface area (Å²) in [6.45, 7) is 0. The number of aryl methyl sites for hydroxylation is 1. The average Bonchev–Trinajstić information content (AvgIpc) is 2.44. The van der Waals surface area contributed by atoms with Crippen LogP contribution in [-0.4, -0.2) is 15.6 Å². The van der Waals surface area contributed by atoms with E-state index in [1.807, 2.05) is 6.07 Å². The van der Waals surface area contributed by atoms with Crippen LogP contribution in [0.3, 0.4) is 0 Å².